The van der Waals surface area contributed by atoms with Crippen molar-refractivity contribution in [2.45, 2.75) is 0 Å². The highest BCUT2D eigenvalue weighted by Crippen LogP contribution is 2.25. The monoisotopic (exact) mass is 121 g/mol. The summed E-state index contributed by atoms with van der Waals surface area (Å²) in [6.07, 6.45) is 0. The summed E-state index contributed by atoms with van der Waals surface area (Å²) in [5, 5.41) is 0. The summed E-state index contributed by atoms with van der Waals surface area (Å²) in [6.45, 7) is 0. The summed E-state index contributed by atoms with van der Waals surface area (Å²) in [6, 6.07) is 0. The van der Waals surface area contributed by atoms with E-state index in [-0.39, 0.29) is 0 Å². The molecule has 0 aliphatic carbocycles. The average molecular weight is 121 g/mol. The van der Waals surface area contributed by atoms with Gasteiger partial charge in [-0.25, -0.2) is 0 Å². The fraction of sp³-hybridized carbons (Fsp3) is 0. The number of nitrogens with zero attached hydrogens (tertiary/aromatic N) is 3. The zero-order chi connectivity index (χ0) is 5.91. The molecule has 0 aromatic heterocycles. The van der Waals surface area contributed by atoms with Crippen molar-refractivity contribution in [1.82, 2.24) is 0 Å². The first-order valence-corrected chi connectivity index (χ1v) is 3.10. The van der Waals surface area contributed by atoms with Gasteiger partial charge in [-0.05, 0) is 5.53 Å². The van der Waals surface area contributed by atoms with Crippen molar-refractivity contribution in [2.24, 2.45) is 15.9 Å². The van der Waals surface area contributed by atoms with Crippen molar-refractivity contribution in [2.75, 3.05) is 0 Å². The van der Waals surface area contributed by atoms with Gasteiger partial charge in [0, 0.05) is 9.80 Å². The zero-order valence-corrected chi connectivity index (χ0v) is 4.25. The molecule has 0 spiro atoms. The Bertz CT molecular complexity index is 136. The van der Waals surface area contributed by atoms with E-state index in [1.54, 1.807) is 0 Å². The van der Waals surface area contributed by atoms with Gasteiger partial charge < -0.3 is 0 Å². The second-order valence-electron chi connectivity index (χ2n) is 0.851. The molecule has 4 N–H and O–H groups in total. The first-order chi connectivity index (χ1) is 3.06. The van der Waals surface area contributed by atoms with Crippen LogP contribution in [0.3, 0.4) is 0 Å². The van der Waals surface area contributed by atoms with Gasteiger partial charge in [-0.3, -0.25) is 15.6 Å². The van der Waals surface area contributed by atoms with Crippen molar-refractivity contribution < 1.29 is 4.57 Å². The molecule has 0 atom stereocenters. The fourth-order valence-corrected chi connectivity index (χ4v) is 0.188. The summed E-state index contributed by atoms with van der Waals surface area (Å²) in [5.74, 6) is 0. The van der Waals surface area contributed by atoms with Gasteiger partial charge in [0.15, 0.2) is 0 Å². The Morgan fingerprint density at radius 1 is 1.71 bits per heavy atom. The van der Waals surface area contributed by atoms with E-state index in [1.807, 2.05) is 0 Å². The highest BCUT2D eigenvalue weighted by atomic mass is 31.2. The van der Waals surface area contributed by atoms with Crippen LogP contribution >= 0.6 is 7.59 Å². The lowest BCUT2D eigenvalue weighted by molar-refractivity contribution is 0.577. The molecule has 0 heterocycles. The molecular weight excluding hydrogens is 117 g/mol. The maximum atomic E-state index is 9.95. The second-order valence-corrected chi connectivity index (χ2v) is 2.38. The van der Waals surface area contributed by atoms with Gasteiger partial charge in [0.2, 0.25) is 0 Å². The number of hydrogen-bond acceptors (Lipinski definition) is 1. The lowest BCUT2D eigenvalue weighted by Gasteiger charge is -1.88. The molecule has 0 bridgehead atoms. The Hall–Kier alpha value is -0.540. The van der Waals surface area contributed by atoms with Crippen LogP contribution in [-0.4, -0.2) is 0 Å². The Labute approximate surface area is 39.6 Å². The quantitative estimate of drug-likeness (QED) is 0.225. The molecule has 0 aromatic carbocycles. The molecule has 0 fully saturated rings. The van der Waals surface area contributed by atoms with Crippen LogP contribution in [0.25, 0.3) is 10.4 Å². The molecule has 0 rings (SSSR count). The third-order valence-electron chi connectivity index (χ3n) is 0.180. The van der Waals surface area contributed by atoms with Crippen molar-refractivity contribution in [1.29, 1.82) is 0 Å². The number of nitrogens with two attached hydrogens (primary N) is 2. The highest BCUT2D eigenvalue weighted by molar-refractivity contribution is 7.57. The predicted octanol–water partition coefficient (Wildman–Crippen LogP) is 0.322. The van der Waals surface area contributed by atoms with E-state index in [0.717, 1.165) is 0 Å². The molecule has 0 amide bonds. The Morgan fingerprint density at radius 3 is 2.14 bits per heavy atom. The lowest BCUT2D eigenvalue weighted by Crippen LogP contribution is -1.99. The van der Waals surface area contributed by atoms with Crippen LogP contribution in [0.1, 0.15) is 0 Å². The van der Waals surface area contributed by atoms with Gasteiger partial charge in [-0.2, -0.15) is 0 Å². The molecule has 0 saturated heterocycles. The number of rotatable bonds is 1. The van der Waals surface area contributed by atoms with Gasteiger partial charge in [-0.1, -0.05) is 0 Å². The minimum absolute atomic E-state index is 2.12. The molecule has 7 heavy (non-hydrogen) atoms. The Kier molecular flexibility index (Phi) is 1.80. The molecule has 6 nitrogen and oxygen atoms in total. The highest BCUT2D eigenvalue weighted by Gasteiger charge is 1.99. The van der Waals surface area contributed by atoms with Gasteiger partial charge in [0.25, 0.3) is 7.59 Å². The molecular formula is H4N5OP. The lowest BCUT2D eigenvalue weighted by atomic mass is 13.0. The number of hydrogen-bond donors (Lipinski definition) is 2. The van der Waals surface area contributed by atoms with Crippen LogP contribution in [0.15, 0.2) is 4.88 Å². The average Bonchev–Trinajstić information content (AvgIpc) is 1.30. The second kappa shape index (κ2) is 1.95. The SMILES string of the molecule is [N-]=[N+]=NP(N)(N)=O. The minimum atomic E-state index is -3.46. The summed E-state index contributed by atoms with van der Waals surface area (Å²) in [7, 11) is -3.46. The minimum Gasteiger partial charge on any atom is -0.283 e. The van der Waals surface area contributed by atoms with Crippen molar-refractivity contribution in [3.8, 4) is 0 Å². The molecule has 0 aliphatic rings. The molecule has 0 aromatic rings. The van der Waals surface area contributed by atoms with Crippen LogP contribution in [-0.2, 0) is 4.57 Å². The van der Waals surface area contributed by atoms with Gasteiger partial charge in [0.1, 0.15) is 0 Å². The van der Waals surface area contributed by atoms with Crippen molar-refractivity contribution in [3.63, 3.8) is 0 Å². The van der Waals surface area contributed by atoms with Crippen LogP contribution < -0.4 is 11.0 Å². The van der Waals surface area contributed by atoms with Crippen molar-refractivity contribution >= 4 is 7.59 Å². The fourth-order valence-electron chi connectivity index (χ4n) is 0.0625. The Morgan fingerprint density at radius 2 is 2.14 bits per heavy atom. The predicted molar refractivity (Wildman–Crippen MR) is 25.1 cm³/mol. The number of azide groups is 1. The first-order valence-electron chi connectivity index (χ1n) is 1.30. The van der Waals surface area contributed by atoms with E-state index in [1.165, 1.54) is 0 Å². The normalized spacial score (nSPS) is 10.0. The van der Waals surface area contributed by atoms with E-state index < -0.39 is 7.59 Å². The van der Waals surface area contributed by atoms with Gasteiger partial charge in [0.05, 0.1) is 0 Å². The van der Waals surface area contributed by atoms with Gasteiger partial charge >= 0.3 is 0 Å². The molecule has 0 radical (unpaired) electrons. The summed E-state index contributed by atoms with van der Waals surface area (Å²) >= 11 is 0. The molecule has 40 valence electrons. The molecule has 0 saturated carbocycles. The molecule has 0 unspecified atom stereocenters. The maximum absolute atomic E-state index is 9.95. The summed E-state index contributed by atoms with van der Waals surface area (Å²) in [5.41, 5.74) is 16.6. The van der Waals surface area contributed by atoms with E-state index in [2.05, 4.69) is 20.8 Å². The topological polar surface area (TPSA) is 118 Å². The van der Waals surface area contributed by atoms with Crippen LogP contribution in [0.5, 0.6) is 0 Å². The third-order valence-corrected chi connectivity index (χ3v) is 0.539. The van der Waals surface area contributed by atoms with E-state index in [0.29, 0.717) is 0 Å². The zero-order valence-electron chi connectivity index (χ0n) is 3.35. The van der Waals surface area contributed by atoms with Crippen LogP contribution in [0, 0.1) is 0 Å². The van der Waals surface area contributed by atoms with E-state index >= 15 is 0 Å². The molecule has 7 heteroatoms. The van der Waals surface area contributed by atoms with Crippen LogP contribution in [0.2, 0.25) is 0 Å². The largest absolute Gasteiger partial charge is 0.292 e. The maximum Gasteiger partial charge on any atom is 0.292 e. The van der Waals surface area contributed by atoms with Crippen LogP contribution in [0.4, 0.5) is 0 Å². The summed E-state index contributed by atoms with van der Waals surface area (Å²) < 4.78 is 9.95. The van der Waals surface area contributed by atoms with Gasteiger partial charge in [-0.15, -0.1) is 0 Å². The van der Waals surface area contributed by atoms with E-state index in [4.69, 9.17) is 5.53 Å². The smallest absolute Gasteiger partial charge is 0.283 e. The standard InChI is InChI=1S/H4N5OP/c1-4-5-7(2,3)6/h(H4,2,3,6). The molecule has 0 aliphatic heterocycles. The third kappa shape index (κ3) is 5.46. The Balaban J connectivity index is 4.10. The van der Waals surface area contributed by atoms with Crippen molar-refractivity contribution in [3.05, 3.63) is 10.4 Å². The first kappa shape index (κ1) is 6.46. The summed E-state index contributed by atoms with van der Waals surface area (Å²) in [4.78, 5) is 4.67. The van der Waals surface area contributed by atoms with E-state index in [9.17, 15) is 4.57 Å².